The molecule has 0 spiro atoms. The highest BCUT2D eigenvalue weighted by molar-refractivity contribution is 6.02. The molecular weight excluding hydrogens is 150 g/mol. The van der Waals surface area contributed by atoms with E-state index in [9.17, 15) is 5.11 Å². The topological polar surface area (TPSA) is 32.6 Å². The number of nitrogens with zero attached hydrogens (tertiary/aromatic N) is 1. The molecule has 0 aliphatic carbocycles. The summed E-state index contributed by atoms with van der Waals surface area (Å²) in [7, 11) is 0. The predicted octanol–water partition coefficient (Wildman–Crippen LogP) is 1.96. The van der Waals surface area contributed by atoms with Gasteiger partial charge in [-0.25, -0.2) is 0 Å². The van der Waals surface area contributed by atoms with Crippen LogP contribution in [0.3, 0.4) is 0 Å². The lowest BCUT2D eigenvalue weighted by atomic mass is 10.0. The quantitative estimate of drug-likeness (QED) is 0.504. The van der Waals surface area contributed by atoms with Gasteiger partial charge >= 0.3 is 0 Å². The van der Waals surface area contributed by atoms with Crippen LogP contribution in [0.2, 0.25) is 0 Å². The van der Waals surface area contributed by atoms with Crippen molar-refractivity contribution >= 4 is 5.71 Å². The van der Waals surface area contributed by atoms with E-state index in [0.29, 0.717) is 5.71 Å². The molecule has 12 heavy (non-hydrogen) atoms. The van der Waals surface area contributed by atoms with Gasteiger partial charge in [0.05, 0.1) is 5.71 Å². The van der Waals surface area contributed by atoms with E-state index in [0.717, 1.165) is 0 Å². The fraction of sp³-hybridized carbons (Fsp3) is 0.500. The monoisotopic (exact) mass is 167 g/mol. The van der Waals surface area contributed by atoms with E-state index in [4.69, 9.17) is 0 Å². The molecule has 0 fully saturated rings. The lowest BCUT2D eigenvalue weighted by molar-refractivity contribution is 0.185. The number of aliphatic hydroxyl groups is 1. The minimum atomic E-state index is -1.06. The van der Waals surface area contributed by atoms with E-state index in [1.807, 2.05) is 13.8 Å². The molecule has 0 aliphatic heterocycles. The molecule has 2 nitrogen and oxygen atoms in total. The van der Waals surface area contributed by atoms with Crippen molar-refractivity contribution in [3.8, 4) is 0 Å². The zero-order valence-electron chi connectivity index (χ0n) is 8.04. The Morgan fingerprint density at radius 2 is 2.00 bits per heavy atom. The van der Waals surface area contributed by atoms with Crippen molar-refractivity contribution in [2.24, 2.45) is 4.99 Å². The number of aliphatic imine (C=N–C) groups is 1. The molecule has 0 radical (unpaired) electrons. The number of rotatable bonds is 4. The molecule has 0 amide bonds. The van der Waals surface area contributed by atoms with Gasteiger partial charge in [0.2, 0.25) is 0 Å². The smallest absolute Gasteiger partial charge is 0.121 e. The van der Waals surface area contributed by atoms with Crippen molar-refractivity contribution < 1.29 is 5.11 Å². The van der Waals surface area contributed by atoms with Crippen molar-refractivity contribution in [2.45, 2.75) is 32.4 Å². The van der Waals surface area contributed by atoms with E-state index in [1.165, 1.54) is 6.08 Å². The molecule has 0 bridgehead atoms. The van der Waals surface area contributed by atoms with Crippen LogP contribution in [-0.2, 0) is 0 Å². The van der Waals surface area contributed by atoms with Crippen LogP contribution in [0.5, 0.6) is 0 Å². The summed E-state index contributed by atoms with van der Waals surface area (Å²) in [6.07, 6.45) is 3.01. The molecular formula is C10H17NO. The number of hydrogen-bond acceptors (Lipinski definition) is 2. The first kappa shape index (κ1) is 11.1. The summed E-state index contributed by atoms with van der Waals surface area (Å²) in [5.41, 5.74) is -0.501. The molecule has 0 saturated heterocycles. The fourth-order valence-electron chi connectivity index (χ4n) is 0.773. The zero-order valence-corrected chi connectivity index (χ0v) is 8.04. The lowest BCUT2D eigenvalue weighted by Crippen LogP contribution is -2.31. The van der Waals surface area contributed by atoms with Gasteiger partial charge in [0.25, 0.3) is 0 Å². The normalized spacial score (nSPS) is 17.2. The molecule has 0 rings (SSSR count). The van der Waals surface area contributed by atoms with Crippen molar-refractivity contribution in [3.63, 3.8) is 0 Å². The van der Waals surface area contributed by atoms with Crippen LogP contribution in [-0.4, -0.2) is 22.5 Å². The Morgan fingerprint density at radius 3 is 2.25 bits per heavy atom. The fourth-order valence-corrected chi connectivity index (χ4v) is 0.773. The largest absolute Gasteiger partial charge is 0.380 e. The zero-order chi connectivity index (χ0) is 9.78. The lowest BCUT2D eigenvalue weighted by Gasteiger charge is -2.19. The van der Waals surface area contributed by atoms with Gasteiger partial charge in [-0.3, -0.25) is 4.99 Å². The van der Waals surface area contributed by atoms with Crippen LogP contribution in [0.15, 0.2) is 30.3 Å². The molecule has 2 heteroatoms. The third-order valence-corrected chi connectivity index (χ3v) is 1.51. The van der Waals surface area contributed by atoms with Gasteiger partial charge in [-0.2, -0.15) is 0 Å². The summed E-state index contributed by atoms with van der Waals surface area (Å²) >= 11 is 0. The summed E-state index contributed by atoms with van der Waals surface area (Å²) < 4.78 is 0. The van der Waals surface area contributed by atoms with Gasteiger partial charge in [-0.15, -0.1) is 0 Å². The van der Waals surface area contributed by atoms with Crippen LogP contribution >= 0.6 is 0 Å². The molecule has 0 aromatic heterocycles. The summed E-state index contributed by atoms with van der Waals surface area (Å²) in [5, 5.41) is 9.71. The maximum Gasteiger partial charge on any atom is 0.121 e. The van der Waals surface area contributed by atoms with Gasteiger partial charge in [-0.05, 0) is 26.8 Å². The Bertz CT molecular complexity index is 202. The molecule has 0 aromatic rings. The second-order valence-electron chi connectivity index (χ2n) is 3.16. The van der Waals surface area contributed by atoms with Gasteiger partial charge in [0.1, 0.15) is 5.60 Å². The van der Waals surface area contributed by atoms with Gasteiger partial charge in [0.15, 0.2) is 0 Å². The Labute approximate surface area is 74.3 Å². The van der Waals surface area contributed by atoms with Crippen LogP contribution in [0, 0.1) is 0 Å². The van der Waals surface area contributed by atoms with Crippen LogP contribution < -0.4 is 0 Å². The number of hydrogen-bond donors (Lipinski definition) is 1. The molecule has 1 N–H and O–H groups in total. The Hall–Kier alpha value is -0.890. The van der Waals surface area contributed by atoms with E-state index in [-0.39, 0.29) is 6.04 Å². The average Bonchev–Trinajstić information content (AvgIpc) is 1.99. The highest BCUT2D eigenvalue weighted by Crippen LogP contribution is 2.09. The summed E-state index contributed by atoms with van der Waals surface area (Å²) in [4.78, 5) is 4.22. The van der Waals surface area contributed by atoms with Crippen LogP contribution in [0.1, 0.15) is 20.8 Å². The Balaban J connectivity index is 4.78. The maximum absolute atomic E-state index is 9.71. The summed E-state index contributed by atoms with van der Waals surface area (Å²) in [5.74, 6) is 0. The van der Waals surface area contributed by atoms with Crippen molar-refractivity contribution in [2.75, 3.05) is 0 Å². The SMILES string of the molecule is C=CC(=NC(C)C)C(C)(O)C=C. The third-order valence-electron chi connectivity index (χ3n) is 1.51. The average molecular weight is 167 g/mol. The van der Waals surface area contributed by atoms with Gasteiger partial charge in [-0.1, -0.05) is 19.2 Å². The highest BCUT2D eigenvalue weighted by Gasteiger charge is 2.20. The van der Waals surface area contributed by atoms with Crippen molar-refractivity contribution in [3.05, 3.63) is 25.3 Å². The molecule has 68 valence electrons. The van der Waals surface area contributed by atoms with Crippen molar-refractivity contribution in [1.82, 2.24) is 0 Å². The Morgan fingerprint density at radius 1 is 1.50 bits per heavy atom. The van der Waals surface area contributed by atoms with Crippen LogP contribution in [0.25, 0.3) is 0 Å². The van der Waals surface area contributed by atoms with Gasteiger partial charge < -0.3 is 5.11 Å². The molecule has 0 saturated carbocycles. The minimum absolute atomic E-state index is 0.157. The molecule has 1 unspecified atom stereocenters. The van der Waals surface area contributed by atoms with E-state index in [1.54, 1.807) is 13.0 Å². The minimum Gasteiger partial charge on any atom is -0.380 e. The first-order chi connectivity index (χ1) is 5.44. The third kappa shape index (κ3) is 3.01. The summed E-state index contributed by atoms with van der Waals surface area (Å²) in [6, 6.07) is 0.157. The first-order valence-electron chi connectivity index (χ1n) is 4.00. The Kier molecular flexibility index (Phi) is 3.90. The maximum atomic E-state index is 9.71. The van der Waals surface area contributed by atoms with E-state index in [2.05, 4.69) is 18.2 Å². The second-order valence-corrected chi connectivity index (χ2v) is 3.16. The molecule has 1 atom stereocenters. The van der Waals surface area contributed by atoms with Crippen molar-refractivity contribution in [1.29, 1.82) is 0 Å². The van der Waals surface area contributed by atoms with Crippen LogP contribution in [0.4, 0.5) is 0 Å². The van der Waals surface area contributed by atoms with E-state index < -0.39 is 5.60 Å². The first-order valence-corrected chi connectivity index (χ1v) is 4.00. The molecule has 0 heterocycles. The standard InChI is InChI=1S/C10H17NO/c1-6-9(11-8(3)4)10(5,12)7-2/h6-8,12H,1-2H2,3-5H3. The second kappa shape index (κ2) is 4.21. The highest BCUT2D eigenvalue weighted by atomic mass is 16.3. The molecule has 0 aromatic carbocycles. The molecule has 0 aliphatic rings. The summed E-state index contributed by atoms with van der Waals surface area (Å²) in [6.45, 7) is 12.7. The van der Waals surface area contributed by atoms with Gasteiger partial charge in [0, 0.05) is 6.04 Å². The predicted molar refractivity (Wildman–Crippen MR) is 53.6 cm³/mol. The van der Waals surface area contributed by atoms with E-state index >= 15 is 0 Å².